The molecule has 0 aromatic heterocycles. The summed E-state index contributed by atoms with van der Waals surface area (Å²) in [5.41, 5.74) is 1.07. The standard InChI is InChI=1S/C23H38N2O5/c1-24(14-18-7-11-29-12-8-18)15-19-13-22(28-2)3-4-23(19)30-17-21(27)16-25-9-5-20(26)6-10-25/h3-4,13,18,20-21,26-27H,5-12,14-17H2,1-2H3. The van der Waals surface area contributed by atoms with Crippen molar-refractivity contribution in [2.24, 2.45) is 5.92 Å². The molecule has 1 aromatic carbocycles. The van der Waals surface area contributed by atoms with Crippen molar-refractivity contribution in [3.8, 4) is 11.5 Å². The topological polar surface area (TPSA) is 74.6 Å². The lowest BCUT2D eigenvalue weighted by molar-refractivity contribution is 0.0334. The number of hydrogen-bond donors (Lipinski definition) is 2. The van der Waals surface area contributed by atoms with Gasteiger partial charge in [-0.25, -0.2) is 0 Å². The van der Waals surface area contributed by atoms with E-state index in [9.17, 15) is 10.2 Å². The number of aliphatic hydroxyl groups excluding tert-OH is 2. The molecule has 1 atom stereocenters. The minimum Gasteiger partial charge on any atom is -0.497 e. The third-order valence-corrected chi connectivity index (χ3v) is 6.08. The minimum atomic E-state index is -0.560. The fourth-order valence-corrected chi connectivity index (χ4v) is 4.31. The summed E-state index contributed by atoms with van der Waals surface area (Å²) in [5, 5.41) is 20.1. The summed E-state index contributed by atoms with van der Waals surface area (Å²) in [6, 6.07) is 5.85. The van der Waals surface area contributed by atoms with Crippen LogP contribution < -0.4 is 9.47 Å². The van der Waals surface area contributed by atoms with E-state index in [1.807, 2.05) is 18.2 Å². The van der Waals surface area contributed by atoms with Crippen LogP contribution in [0.4, 0.5) is 0 Å². The SMILES string of the molecule is COc1ccc(OCC(O)CN2CCC(O)CC2)c(CN(C)CC2CCOCC2)c1. The van der Waals surface area contributed by atoms with Gasteiger partial charge >= 0.3 is 0 Å². The first-order valence-corrected chi connectivity index (χ1v) is 11.2. The van der Waals surface area contributed by atoms with Crippen LogP contribution in [0.5, 0.6) is 11.5 Å². The zero-order valence-electron chi connectivity index (χ0n) is 18.5. The fourth-order valence-electron chi connectivity index (χ4n) is 4.31. The summed E-state index contributed by atoms with van der Waals surface area (Å²) < 4.78 is 16.9. The predicted octanol–water partition coefficient (Wildman–Crippen LogP) is 1.75. The number of β-amino-alcohol motifs (C(OH)–C–C–N with tert-alkyl or cyclic N) is 1. The molecule has 170 valence electrons. The number of hydrogen-bond acceptors (Lipinski definition) is 7. The average molecular weight is 423 g/mol. The molecular weight excluding hydrogens is 384 g/mol. The Morgan fingerprint density at radius 3 is 2.63 bits per heavy atom. The summed E-state index contributed by atoms with van der Waals surface area (Å²) in [7, 11) is 3.81. The Bertz CT molecular complexity index is 630. The van der Waals surface area contributed by atoms with Gasteiger partial charge in [0.15, 0.2) is 0 Å². The second kappa shape index (κ2) is 11.9. The molecule has 7 heteroatoms. The van der Waals surface area contributed by atoms with Gasteiger partial charge in [-0.1, -0.05) is 0 Å². The second-order valence-corrected chi connectivity index (χ2v) is 8.72. The molecule has 2 aliphatic heterocycles. The van der Waals surface area contributed by atoms with E-state index in [-0.39, 0.29) is 12.7 Å². The molecule has 0 bridgehead atoms. The number of aliphatic hydroxyl groups is 2. The summed E-state index contributed by atoms with van der Waals surface area (Å²) in [5.74, 6) is 2.27. The van der Waals surface area contributed by atoms with Gasteiger partial charge in [0.1, 0.15) is 24.2 Å². The van der Waals surface area contributed by atoms with Gasteiger partial charge in [0.2, 0.25) is 0 Å². The lowest BCUT2D eigenvalue weighted by Crippen LogP contribution is -2.41. The van der Waals surface area contributed by atoms with Crippen LogP contribution in [0.1, 0.15) is 31.2 Å². The van der Waals surface area contributed by atoms with Crippen molar-refractivity contribution in [1.29, 1.82) is 0 Å². The van der Waals surface area contributed by atoms with Crippen LogP contribution in [0.2, 0.25) is 0 Å². The minimum absolute atomic E-state index is 0.199. The lowest BCUT2D eigenvalue weighted by Gasteiger charge is -2.31. The van der Waals surface area contributed by atoms with E-state index in [1.165, 1.54) is 0 Å². The Morgan fingerprint density at radius 1 is 1.20 bits per heavy atom. The number of benzene rings is 1. The van der Waals surface area contributed by atoms with Crippen LogP contribution in [-0.4, -0.2) is 92.4 Å². The Balaban J connectivity index is 1.53. The molecule has 7 nitrogen and oxygen atoms in total. The van der Waals surface area contributed by atoms with Gasteiger partial charge in [-0.2, -0.15) is 0 Å². The van der Waals surface area contributed by atoms with Crippen molar-refractivity contribution in [2.75, 3.05) is 60.2 Å². The van der Waals surface area contributed by atoms with Gasteiger partial charge < -0.3 is 34.2 Å². The van der Waals surface area contributed by atoms with Gasteiger partial charge in [-0.3, -0.25) is 0 Å². The summed E-state index contributed by atoms with van der Waals surface area (Å²) in [6.45, 7) is 5.99. The van der Waals surface area contributed by atoms with E-state index < -0.39 is 6.10 Å². The molecule has 0 aliphatic carbocycles. The number of rotatable bonds is 10. The van der Waals surface area contributed by atoms with Gasteiger partial charge in [-0.15, -0.1) is 0 Å². The molecule has 2 aliphatic rings. The third kappa shape index (κ3) is 7.39. The molecule has 30 heavy (non-hydrogen) atoms. The number of nitrogens with zero attached hydrogens (tertiary/aromatic N) is 2. The largest absolute Gasteiger partial charge is 0.497 e. The number of piperidine rings is 1. The lowest BCUT2D eigenvalue weighted by atomic mass is 9.99. The van der Waals surface area contributed by atoms with Gasteiger partial charge in [-0.05, 0) is 56.8 Å². The van der Waals surface area contributed by atoms with Gasteiger partial charge in [0.05, 0.1) is 13.2 Å². The molecule has 1 unspecified atom stereocenters. The van der Waals surface area contributed by atoms with E-state index in [4.69, 9.17) is 14.2 Å². The maximum absolute atomic E-state index is 10.4. The summed E-state index contributed by atoms with van der Waals surface area (Å²) in [6.07, 6.45) is 3.02. The summed E-state index contributed by atoms with van der Waals surface area (Å²) >= 11 is 0. The van der Waals surface area contributed by atoms with Crippen LogP contribution in [-0.2, 0) is 11.3 Å². The molecule has 3 rings (SSSR count). The van der Waals surface area contributed by atoms with Crippen molar-refractivity contribution in [2.45, 2.75) is 44.4 Å². The highest BCUT2D eigenvalue weighted by Gasteiger charge is 2.20. The highest BCUT2D eigenvalue weighted by molar-refractivity contribution is 5.40. The van der Waals surface area contributed by atoms with Crippen LogP contribution in [0.15, 0.2) is 18.2 Å². The van der Waals surface area contributed by atoms with E-state index >= 15 is 0 Å². The van der Waals surface area contributed by atoms with Gasteiger partial charge in [0, 0.05) is 51.5 Å². The molecule has 0 saturated carbocycles. The quantitative estimate of drug-likeness (QED) is 0.595. The molecule has 2 fully saturated rings. The van der Waals surface area contributed by atoms with Crippen molar-refractivity contribution in [3.05, 3.63) is 23.8 Å². The molecule has 0 radical (unpaired) electrons. The Kier molecular flexibility index (Phi) is 9.21. The fraction of sp³-hybridized carbons (Fsp3) is 0.739. The molecule has 2 saturated heterocycles. The van der Waals surface area contributed by atoms with Crippen LogP contribution in [0.3, 0.4) is 0 Å². The number of methoxy groups -OCH3 is 1. The average Bonchev–Trinajstić information content (AvgIpc) is 2.75. The first kappa shape index (κ1) is 23.3. The molecule has 1 aromatic rings. The summed E-state index contributed by atoms with van der Waals surface area (Å²) in [4.78, 5) is 4.52. The van der Waals surface area contributed by atoms with E-state index in [1.54, 1.807) is 7.11 Å². The Labute approximate surface area is 180 Å². The second-order valence-electron chi connectivity index (χ2n) is 8.72. The predicted molar refractivity (Wildman–Crippen MR) is 116 cm³/mol. The molecular formula is C23H38N2O5. The van der Waals surface area contributed by atoms with E-state index in [2.05, 4.69) is 16.8 Å². The maximum atomic E-state index is 10.4. The van der Waals surface area contributed by atoms with E-state index in [0.717, 1.165) is 82.1 Å². The van der Waals surface area contributed by atoms with Crippen LogP contribution in [0.25, 0.3) is 0 Å². The Hall–Kier alpha value is -1.38. The third-order valence-electron chi connectivity index (χ3n) is 6.08. The molecule has 2 N–H and O–H groups in total. The van der Waals surface area contributed by atoms with Crippen LogP contribution in [0, 0.1) is 5.92 Å². The number of likely N-dealkylation sites (tertiary alicyclic amines) is 1. The highest BCUT2D eigenvalue weighted by atomic mass is 16.5. The van der Waals surface area contributed by atoms with Crippen molar-refractivity contribution in [3.63, 3.8) is 0 Å². The van der Waals surface area contributed by atoms with Crippen molar-refractivity contribution in [1.82, 2.24) is 9.80 Å². The zero-order chi connectivity index (χ0) is 21.3. The monoisotopic (exact) mass is 422 g/mol. The molecule has 0 spiro atoms. The zero-order valence-corrected chi connectivity index (χ0v) is 18.5. The van der Waals surface area contributed by atoms with Crippen molar-refractivity contribution >= 4 is 0 Å². The molecule has 0 amide bonds. The molecule has 2 heterocycles. The van der Waals surface area contributed by atoms with Crippen LogP contribution >= 0.6 is 0 Å². The first-order chi connectivity index (χ1) is 14.5. The first-order valence-electron chi connectivity index (χ1n) is 11.2. The highest BCUT2D eigenvalue weighted by Crippen LogP contribution is 2.26. The van der Waals surface area contributed by atoms with Crippen molar-refractivity contribution < 1.29 is 24.4 Å². The maximum Gasteiger partial charge on any atom is 0.124 e. The number of ether oxygens (including phenoxy) is 3. The smallest absolute Gasteiger partial charge is 0.124 e. The van der Waals surface area contributed by atoms with Gasteiger partial charge in [0.25, 0.3) is 0 Å². The van der Waals surface area contributed by atoms with E-state index in [0.29, 0.717) is 12.5 Å². The normalized spacial score (nSPS) is 20.4. The Morgan fingerprint density at radius 2 is 1.93 bits per heavy atom.